The maximum Gasteiger partial charge on any atom is 0.176 e. The van der Waals surface area contributed by atoms with E-state index < -0.39 is 29.9 Å². The van der Waals surface area contributed by atoms with E-state index in [4.69, 9.17) is 5.11 Å². The van der Waals surface area contributed by atoms with E-state index in [-0.39, 0.29) is 5.75 Å². The molecule has 0 aliphatic heterocycles. The van der Waals surface area contributed by atoms with Gasteiger partial charge in [0.1, 0.15) is 18.3 Å². The van der Waals surface area contributed by atoms with Gasteiger partial charge in [0.2, 0.25) is 0 Å². The molecule has 0 radical (unpaired) electrons. The molecule has 5 heteroatoms. The number of ketones is 3. The van der Waals surface area contributed by atoms with Gasteiger partial charge in [0.05, 0.1) is 0 Å². The zero-order valence-corrected chi connectivity index (χ0v) is 14.8. The smallest absolute Gasteiger partial charge is 0.176 e. The number of carbonyl (C=O) groups excluding carboxylic acids is 3. The zero-order valence-electron chi connectivity index (χ0n) is 14.8. The van der Waals surface area contributed by atoms with Gasteiger partial charge >= 0.3 is 0 Å². The topological polar surface area (TPSA) is 91.7 Å². The Morgan fingerprint density at radius 3 is 1.74 bits per heavy atom. The number of aliphatic hydroxyl groups excluding tert-OH is 1. The molecular formula is C22H20O5. The fourth-order valence-electron chi connectivity index (χ4n) is 2.36. The molecule has 138 valence electrons. The lowest BCUT2D eigenvalue weighted by atomic mass is 9.93. The first-order valence-electron chi connectivity index (χ1n) is 8.34. The highest BCUT2D eigenvalue weighted by Gasteiger charge is 2.29. The van der Waals surface area contributed by atoms with Crippen molar-refractivity contribution in [1.29, 1.82) is 0 Å². The number of hydrogen-bond acceptors (Lipinski definition) is 5. The number of allylic oxidation sites excluding steroid dienone is 2. The largest absolute Gasteiger partial charge is 0.508 e. The molecule has 0 amide bonds. The van der Waals surface area contributed by atoms with Gasteiger partial charge in [-0.25, -0.2) is 0 Å². The number of phenols is 1. The summed E-state index contributed by atoms with van der Waals surface area (Å²) < 4.78 is 0. The van der Waals surface area contributed by atoms with E-state index in [1.54, 1.807) is 12.1 Å². The molecule has 2 aromatic rings. The maximum absolute atomic E-state index is 12.4. The van der Waals surface area contributed by atoms with Crippen LogP contribution in [0.5, 0.6) is 5.75 Å². The van der Waals surface area contributed by atoms with Crippen LogP contribution in [0, 0.1) is 12.8 Å². The Morgan fingerprint density at radius 1 is 0.852 bits per heavy atom. The molecule has 0 spiro atoms. The van der Waals surface area contributed by atoms with E-state index in [0.717, 1.165) is 17.2 Å². The molecule has 0 saturated carbocycles. The number of aryl methyl sites for hydroxylation is 1. The van der Waals surface area contributed by atoms with E-state index in [1.807, 2.05) is 31.2 Å². The first-order chi connectivity index (χ1) is 12.9. The summed E-state index contributed by atoms with van der Waals surface area (Å²) in [6, 6.07) is 13.5. The quantitative estimate of drug-likeness (QED) is 0.555. The molecule has 1 atom stereocenters. The second-order valence-corrected chi connectivity index (χ2v) is 6.03. The molecule has 27 heavy (non-hydrogen) atoms. The summed E-state index contributed by atoms with van der Waals surface area (Å²) in [5.41, 5.74) is 2.46. The van der Waals surface area contributed by atoms with Crippen molar-refractivity contribution < 1.29 is 24.6 Å². The molecule has 0 aromatic heterocycles. The lowest BCUT2D eigenvalue weighted by molar-refractivity contribution is -0.137. The van der Waals surface area contributed by atoms with Gasteiger partial charge in [-0.1, -0.05) is 54.1 Å². The Kier molecular flexibility index (Phi) is 6.97. The van der Waals surface area contributed by atoms with E-state index in [0.29, 0.717) is 5.56 Å². The molecule has 0 aliphatic carbocycles. The first-order valence-corrected chi connectivity index (χ1v) is 8.34. The van der Waals surface area contributed by atoms with Crippen molar-refractivity contribution in [2.45, 2.75) is 6.92 Å². The normalized spacial score (nSPS) is 12.4. The number of rotatable bonds is 8. The number of aromatic hydroxyl groups is 1. The van der Waals surface area contributed by atoms with Crippen LogP contribution in [0.4, 0.5) is 0 Å². The summed E-state index contributed by atoms with van der Waals surface area (Å²) in [5.74, 6) is -3.74. The summed E-state index contributed by atoms with van der Waals surface area (Å²) in [6.45, 7) is 1.04. The monoisotopic (exact) mass is 364 g/mol. The van der Waals surface area contributed by atoms with Crippen LogP contribution in [0.2, 0.25) is 0 Å². The van der Waals surface area contributed by atoms with Crippen molar-refractivity contribution in [2.24, 2.45) is 5.92 Å². The number of hydrogen-bond donors (Lipinski definition) is 2. The number of aliphatic hydroxyl groups is 1. The molecule has 2 N–H and O–H groups in total. The molecule has 0 fully saturated rings. The van der Waals surface area contributed by atoms with E-state index in [2.05, 4.69) is 0 Å². The standard InChI is InChI=1S/C22H20O5/c1-15-2-4-16(5-3-15)8-12-19(25)22(21(27)14-23)20(26)13-9-17-6-10-18(24)11-7-17/h2-13,22-24H,14H2,1H3/b12-8+,13-9+. The Hall–Kier alpha value is -3.31. The van der Waals surface area contributed by atoms with Crippen molar-refractivity contribution in [1.82, 2.24) is 0 Å². The molecule has 0 saturated heterocycles. The van der Waals surface area contributed by atoms with Crippen LogP contribution in [-0.2, 0) is 14.4 Å². The minimum atomic E-state index is -1.58. The van der Waals surface area contributed by atoms with Crippen molar-refractivity contribution in [2.75, 3.05) is 6.61 Å². The summed E-state index contributed by atoms with van der Waals surface area (Å²) >= 11 is 0. The van der Waals surface area contributed by atoms with Crippen molar-refractivity contribution in [3.8, 4) is 5.75 Å². The molecule has 2 aromatic carbocycles. The molecule has 5 nitrogen and oxygen atoms in total. The van der Waals surface area contributed by atoms with Gasteiger partial charge in [-0.05, 0) is 42.3 Å². The second-order valence-electron chi connectivity index (χ2n) is 6.03. The molecule has 0 aliphatic rings. The highest BCUT2D eigenvalue weighted by molar-refractivity contribution is 6.26. The van der Waals surface area contributed by atoms with Gasteiger partial charge in [0.25, 0.3) is 0 Å². The molecular weight excluding hydrogens is 344 g/mol. The van der Waals surface area contributed by atoms with Crippen molar-refractivity contribution in [3.05, 3.63) is 77.4 Å². The van der Waals surface area contributed by atoms with Gasteiger partial charge in [-0.3, -0.25) is 14.4 Å². The predicted molar refractivity (Wildman–Crippen MR) is 103 cm³/mol. The van der Waals surface area contributed by atoms with Crippen molar-refractivity contribution in [3.63, 3.8) is 0 Å². The summed E-state index contributed by atoms with van der Waals surface area (Å²) in [5, 5.41) is 18.4. The SMILES string of the molecule is Cc1ccc(/C=C/C(=O)C(C(=O)/C=C/c2ccc(O)cc2)C(=O)CO)cc1. The predicted octanol–water partition coefficient (Wildman–Crippen LogP) is 2.74. The number of Topliss-reactive ketones (excluding diaryl/α,β-unsaturated/α-hetero) is 1. The fourth-order valence-corrected chi connectivity index (χ4v) is 2.36. The van der Waals surface area contributed by atoms with Gasteiger partial charge < -0.3 is 10.2 Å². The van der Waals surface area contributed by atoms with Crippen LogP contribution in [0.1, 0.15) is 16.7 Å². The fraction of sp³-hybridized carbons (Fsp3) is 0.136. The van der Waals surface area contributed by atoms with Crippen LogP contribution in [0.25, 0.3) is 12.2 Å². The summed E-state index contributed by atoms with van der Waals surface area (Å²) in [4.78, 5) is 36.6. The highest BCUT2D eigenvalue weighted by Crippen LogP contribution is 2.13. The molecule has 0 heterocycles. The lowest BCUT2D eigenvalue weighted by Crippen LogP contribution is -2.31. The van der Waals surface area contributed by atoms with Crippen LogP contribution in [-0.4, -0.2) is 34.2 Å². The third kappa shape index (κ3) is 5.87. The average molecular weight is 364 g/mol. The summed E-state index contributed by atoms with van der Waals surface area (Å²) in [7, 11) is 0. The first kappa shape index (κ1) is 20.0. The minimum absolute atomic E-state index is 0.0863. The minimum Gasteiger partial charge on any atom is -0.508 e. The number of phenolic OH excluding ortho intramolecular Hbond substituents is 1. The Morgan fingerprint density at radius 2 is 1.30 bits per heavy atom. The van der Waals surface area contributed by atoms with Crippen LogP contribution in [0.3, 0.4) is 0 Å². The molecule has 0 bridgehead atoms. The van der Waals surface area contributed by atoms with E-state index in [1.165, 1.54) is 30.4 Å². The van der Waals surface area contributed by atoms with Crippen molar-refractivity contribution >= 4 is 29.5 Å². The number of benzene rings is 2. The Balaban J connectivity index is 2.16. The lowest BCUT2D eigenvalue weighted by Gasteiger charge is -2.08. The third-order valence-corrected chi connectivity index (χ3v) is 3.90. The van der Waals surface area contributed by atoms with E-state index in [9.17, 15) is 19.5 Å². The maximum atomic E-state index is 12.4. The molecule has 2 rings (SSSR count). The Labute approximate surface area is 157 Å². The van der Waals surface area contributed by atoms with Gasteiger partial charge in [-0.15, -0.1) is 0 Å². The van der Waals surface area contributed by atoms with Gasteiger partial charge in [0.15, 0.2) is 17.3 Å². The van der Waals surface area contributed by atoms with Crippen LogP contribution in [0.15, 0.2) is 60.7 Å². The van der Waals surface area contributed by atoms with Gasteiger partial charge in [0, 0.05) is 0 Å². The number of carbonyl (C=O) groups is 3. The Bertz CT molecular complexity index is 806. The average Bonchev–Trinajstić information content (AvgIpc) is 2.67. The molecule has 1 unspecified atom stereocenters. The zero-order chi connectivity index (χ0) is 19.8. The van der Waals surface area contributed by atoms with Crippen LogP contribution < -0.4 is 0 Å². The van der Waals surface area contributed by atoms with E-state index >= 15 is 0 Å². The highest BCUT2D eigenvalue weighted by atomic mass is 16.3. The second kappa shape index (κ2) is 9.40. The van der Waals surface area contributed by atoms with Crippen LogP contribution >= 0.6 is 0 Å². The summed E-state index contributed by atoms with van der Waals surface area (Å²) in [6.07, 6.45) is 5.27. The van der Waals surface area contributed by atoms with Gasteiger partial charge in [-0.2, -0.15) is 0 Å². The third-order valence-electron chi connectivity index (χ3n) is 3.90.